The lowest BCUT2D eigenvalue weighted by Gasteiger charge is -2.00. The number of hydrogen-bond donors (Lipinski definition) is 1. The molecule has 0 aliphatic carbocycles. The van der Waals surface area contributed by atoms with E-state index in [0.717, 1.165) is 15.0 Å². The van der Waals surface area contributed by atoms with Gasteiger partial charge in [0.2, 0.25) is 0 Å². The van der Waals surface area contributed by atoms with E-state index in [-0.39, 0.29) is 5.82 Å². The zero-order valence-electron chi connectivity index (χ0n) is 9.37. The number of aliphatic hydroxyl groups excluding tert-OH is 1. The molecule has 1 N–H and O–H groups in total. The monoisotopic (exact) mass is 315 g/mol. The van der Waals surface area contributed by atoms with E-state index < -0.39 is 6.10 Å². The Hall–Kier alpha value is -0.780. The van der Waals surface area contributed by atoms with Crippen LogP contribution >= 0.6 is 27.3 Å². The molecule has 0 amide bonds. The van der Waals surface area contributed by atoms with Gasteiger partial charge in [0.25, 0.3) is 0 Å². The van der Waals surface area contributed by atoms with Gasteiger partial charge in [-0.15, -0.1) is 11.3 Å². The molecule has 1 unspecified atom stereocenters. The first-order valence-corrected chi connectivity index (χ1v) is 6.71. The quantitative estimate of drug-likeness (QED) is 0.906. The third-order valence-corrected chi connectivity index (χ3v) is 4.22. The summed E-state index contributed by atoms with van der Waals surface area (Å²) in [4.78, 5) is 5.08. The summed E-state index contributed by atoms with van der Waals surface area (Å²) in [6.07, 6.45) is -0.573. The molecule has 0 aliphatic rings. The first-order chi connectivity index (χ1) is 7.99. The van der Waals surface area contributed by atoms with Gasteiger partial charge in [0.15, 0.2) is 0 Å². The van der Waals surface area contributed by atoms with Crippen molar-refractivity contribution in [2.45, 2.75) is 20.0 Å². The third-order valence-electron chi connectivity index (χ3n) is 2.37. The highest BCUT2D eigenvalue weighted by Gasteiger charge is 2.15. The molecule has 0 saturated heterocycles. The van der Waals surface area contributed by atoms with Crippen LogP contribution < -0.4 is 0 Å². The van der Waals surface area contributed by atoms with Gasteiger partial charge in [-0.3, -0.25) is 0 Å². The first-order valence-electron chi connectivity index (χ1n) is 5.10. The normalized spacial score (nSPS) is 12.8. The molecular weight excluding hydrogens is 305 g/mol. The Kier molecular flexibility index (Phi) is 3.61. The van der Waals surface area contributed by atoms with E-state index in [1.165, 1.54) is 17.4 Å². The van der Waals surface area contributed by atoms with Gasteiger partial charge in [0.1, 0.15) is 10.8 Å². The Morgan fingerprint density at radius 1 is 1.47 bits per heavy atom. The van der Waals surface area contributed by atoms with Gasteiger partial charge in [0, 0.05) is 10.0 Å². The molecule has 1 atom stereocenters. The highest BCUT2D eigenvalue weighted by Crippen LogP contribution is 2.34. The molecule has 1 heterocycles. The molecule has 1 aromatic heterocycles. The number of rotatable bonds is 2. The van der Waals surface area contributed by atoms with Crippen molar-refractivity contribution in [2.24, 2.45) is 0 Å². The summed E-state index contributed by atoms with van der Waals surface area (Å²) in [7, 11) is 0. The van der Waals surface area contributed by atoms with Gasteiger partial charge in [-0.25, -0.2) is 9.37 Å². The van der Waals surface area contributed by atoms with Crippen molar-refractivity contribution >= 4 is 27.3 Å². The summed E-state index contributed by atoms with van der Waals surface area (Å²) in [6.45, 7) is 3.50. The second-order valence-electron chi connectivity index (χ2n) is 3.77. The summed E-state index contributed by atoms with van der Waals surface area (Å²) in [5, 5.41) is 10.2. The maximum Gasteiger partial charge on any atom is 0.133 e. The van der Waals surface area contributed by atoms with Crippen molar-refractivity contribution in [3.05, 3.63) is 39.1 Å². The van der Waals surface area contributed by atoms with Crippen LogP contribution in [0.4, 0.5) is 4.39 Å². The van der Waals surface area contributed by atoms with E-state index in [1.54, 1.807) is 19.1 Å². The van der Waals surface area contributed by atoms with Gasteiger partial charge in [-0.2, -0.15) is 0 Å². The Balaban J connectivity index is 2.53. The van der Waals surface area contributed by atoms with Gasteiger partial charge in [-0.05, 0) is 32.0 Å². The van der Waals surface area contributed by atoms with Crippen LogP contribution in [0, 0.1) is 12.7 Å². The second-order valence-corrected chi connectivity index (χ2v) is 5.72. The van der Waals surface area contributed by atoms with E-state index in [0.29, 0.717) is 10.6 Å². The molecule has 2 nitrogen and oxygen atoms in total. The molecule has 0 spiro atoms. The molecule has 0 aliphatic heterocycles. The van der Waals surface area contributed by atoms with Crippen molar-refractivity contribution in [1.29, 1.82) is 0 Å². The van der Waals surface area contributed by atoms with Gasteiger partial charge < -0.3 is 5.11 Å². The maximum atomic E-state index is 13.7. The van der Waals surface area contributed by atoms with E-state index >= 15 is 0 Å². The van der Waals surface area contributed by atoms with Gasteiger partial charge in [-0.1, -0.05) is 15.9 Å². The van der Waals surface area contributed by atoms with Crippen LogP contribution in [0.15, 0.2) is 22.7 Å². The fourth-order valence-corrected chi connectivity index (χ4v) is 2.95. The van der Waals surface area contributed by atoms with Crippen LogP contribution in [0.25, 0.3) is 10.6 Å². The Labute approximate surface area is 111 Å². The topological polar surface area (TPSA) is 33.1 Å². The lowest BCUT2D eigenvalue weighted by Crippen LogP contribution is -1.88. The van der Waals surface area contributed by atoms with Crippen LogP contribution in [0.5, 0.6) is 0 Å². The molecule has 0 radical (unpaired) electrons. The predicted molar refractivity (Wildman–Crippen MR) is 70.6 cm³/mol. The standard InChI is InChI=1S/C12H11BrFNOS/c1-6-11(7(2)16)17-12(15-6)9-5-8(13)3-4-10(9)14/h3-5,7,16H,1-2H3. The number of aliphatic hydroxyl groups is 1. The smallest absolute Gasteiger partial charge is 0.133 e. The number of hydrogen-bond acceptors (Lipinski definition) is 3. The van der Waals surface area contributed by atoms with Crippen LogP contribution in [-0.2, 0) is 0 Å². The van der Waals surface area contributed by atoms with Crippen LogP contribution in [0.3, 0.4) is 0 Å². The van der Waals surface area contributed by atoms with Crippen molar-refractivity contribution in [3.8, 4) is 10.6 Å². The van der Waals surface area contributed by atoms with Crippen molar-refractivity contribution in [3.63, 3.8) is 0 Å². The van der Waals surface area contributed by atoms with E-state index in [2.05, 4.69) is 20.9 Å². The van der Waals surface area contributed by atoms with Crippen LogP contribution in [0.1, 0.15) is 23.6 Å². The average molecular weight is 316 g/mol. The molecule has 0 saturated carbocycles. The minimum absolute atomic E-state index is 0.306. The molecule has 1 aromatic carbocycles. The van der Waals surface area contributed by atoms with Crippen molar-refractivity contribution in [2.75, 3.05) is 0 Å². The second kappa shape index (κ2) is 4.84. The van der Waals surface area contributed by atoms with Crippen molar-refractivity contribution < 1.29 is 9.50 Å². The molecular formula is C12H11BrFNOS. The fraction of sp³-hybridized carbons (Fsp3) is 0.250. The van der Waals surface area contributed by atoms with Gasteiger partial charge >= 0.3 is 0 Å². The highest BCUT2D eigenvalue weighted by atomic mass is 79.9. The number of thiazole rings is 1. The number of aryl methyl sites for hydroxylation is 1. The average Bonchev–Trinajstić information content (AvgIpc) is 2.64. The van der Waals surface area contributed by atoms with E-state index in [9.17, 15) is 9.50 Å². The summed E-state index contributed by atoms with van der Waals surface area (Å²) in [5.74, 6) is -0.306. The van der Waals surface area contributed by atoms with Crippen LogP contribution in [-0.4, -0.2) is 10.1 Å². The Morgan fingerprint density at radius 2 is 2.18 bits per heavy atom. The molecule has 0 fully saturated rings. The lowest BCUT2D eigenvalue weighted by atomic mass is 10.2. The Morgan fingerprint density at radius 3 is 2.76 bits per heavy atom. The third kappa shape index (κ3) is 2.56. The van der Waals surface area contributed by atoms with E-state index in [4.69, 9.17) is 0 Å². The number of benzene rings is 1. The SMILES string of the molecule is Cc1nc(-c2cc(Br)ccc2F)sc1C(C)O. The zero-order valence-corrected chi connectivity index (χ0v) is 11.8. The predicted octanol–water partition coefficient (Wildman–Crippen LogP) is 4.07. The molecule has 5 heteroatoms. The van der Waals surface area contributed by atoms with E-state index in [1.807, 2.05) is 6.92 Å². The molecule has 0 bridgehead atoms. The molecule has 2 aromatic rings. The lowest BCUT2D eigenvalue weighted by molar-refractivity contribution is 0.202. The zero-order chi connectivity index (χ0) is 12.6. The number of nitrogens with zero attached hydrogens (tertiary/aromatic N) is 1. The van der Waals surface area contributed by atoms with Crippen LogP contribution in [0.2, 0.25) is 0 Å². The summed E-state index contributed by atoms with van der Waals surface area (Å²) >= 11 is 4.63. The number of aromatic nitrogens is 1. The fourth-order valence-electron chi connectivity index (χ4n) is 1.57. The largest absolute Gasteiger partial charge is 0.388 e. The highest BCUT2D eigenvalue weighted by molar-refractivity contribution is 9.10. The Bertz CT molecular complexity index is 553. The summed E-state index contributed by atoms with van der Waals surface area (Å²) < 4.78 is 14.5. The number of halogens is 2. The molecule has 17 heavy (non-hydrogen) atoms. The minimum atomic E-state index is -0.573. The maximum absolute atomic E-state index is 13.7. The summed E-state index contributed by atoms with van der Waals surface area (Å²) in [5.41, 5.74) is 1.21. The van der Waals surface area contributed by atoms with Gasteiger partial charge in [0.05, 0.1) is 16.7 Å². The van der Waals surface area contributed by atoms with Crippen molar-refractivity contribution in [1.82, 2.24) is 4.98 Å². The molecule has 2 rings (SSSR count). The minimum Gasteiger partial charge on any atom is -0.388 e. The summed E-state index contributed by atoms with van der Waals surface area (Å²) in [6, 6.07) is 4.74. The molecule has 90 valence electrons. The first kappa shape index (κ1) is 12.7.